The van der Waals surface area contributed by atoms with Crippen molar-refractivity contribution in [2.24, 2.45) is 5.92 Å². The van der Waals surface area contributed by atoms with Crippen molar-refractivity contribution < 1.29 is 4.74 Å². The first-order valence-corrected chi connectivity index (χ1v) is 6.70. The molecule has 3 heteroatoms. The number of hydrogen-bond donors (Lipinski definition) is 1. The molecule has 1 fully saturated rings. The van der Waals surface area contributed by atoms with E-state index in [1.165, 1.54) is 12.8 Å². The molecular formula is C13H28N2O. The van der Waals surface area contributed by atoms with Crippen molar-refractivity contribution in [2.75, 3.05) is 33.3 Å². The number of nitrogens with zero attached hydrogens (tertiary/aromatic N) is 1. The molecule has 16 heavy (non-hydrogen) atoms. The lowest BCUT2D eigenvalue weighted by Crippen LogP contribution is -2.51. The van der Waals surface area contributed by atoms with E-state index in [2.05, 4.69) is 38.0 Å². The summed E-state index contributed by atoms with van der Waals surface area (Å²) in [5, 5.41) is 3.59. The fourth-order valence-electron chi connectivity index (χ4n) is 2.28. The van der Waals surface area contributed by atoms with Crippen LogP contribution in [0.15, 0.2) is 0 Å². The second kappa shape index (κ2) is 7.25. The van der Waals surface area contributed by atoms with Crippen LogP contribution in [0.2, 0.25) is 0 Å². The van der Waals surface area contributed by atoms with E-state index in [0.717, 1.165) is 32.2 Å². The first kappa shape index (κ1) is 13.9. The fourth-order valence-corrected chi connectivity index (χ4v) is 2.28. The van der Waals surface area contributed by atoms with E-state index in [4.69, 9.17) is 4.74 Å². The molecule has 1 N–H and O–H groups in total. The molecule has 1 heterocycles. The maximum atomic E-state index is 5.90. The molecule has 1 aliphatic rings. The summed E-state index contributed by atoms with van der Waals surface area (Å²) < 4.78 is 5.90. The van der Waals surface area contributed by atoms with Crippen molar-refractivity contribution in [3.05, 3.63) is 0 Å². The SMILES string of the molecule is CCNC(CC(C)CC)C1CN(C)CCO1. The van der Waals surface area contributed by atoms with Crippen molar-refractivity contribution in [3.8, 4) is 0 Å². The number of morpholine rings is 1. The largest absolute Gasteiger partial charge is 0.374 e. The molecule has 3 unspecified atom stereocenters. The average molecular weight is 228 g/mol. The van der Waals surface area contributed by atoms with Gasteiger partial charge in [0.1, 0.15) is 0 Å². The minimum Gasteiger partial charge on any atom is -0.374 e. The monoisotopic (exact) mass is 228 g/mol. The molecule has 1 saturated heterocycles. The van der Waals surface area contributed by atoms with Crippen LogP contribution in [0.4, 0.5) is 0 Å². The molecule has 0 spiro atoms. The van der Waals surface area contributed by atoms with Gasteiger partial charge in [0.15, 0.2) is 0 Å². The van der Waals surface area contributed by atoms with Gasteiger partial charge in [0, 0.05) is 19.1 Å². The molecule has 3 nitrogen and oxygen atoms in total. The summed E-state index contributed by atoms with van der Waals surface area (Å²) in [5.41, 5.74) is 0. The van der Waals surface area contributed by atoms with E-state index in [1.807, 2.05) is 0 Å². The van der Waals surface area contributed by atoms with E-state index in [-0.39, 0.29) is 0 Å². The summed E-state index contributed by atoms with van der Waals surface area (Å²) in [6.45, 7) is 10.8. The summed E-state index contributed by atoms with van der Waals surface area (Å²) in [5.74, 6) is 0.778. The van der Waals surface area contributed by atoms with Crippen LogP contribution in [-0.2, 0) is 4.74 Å². The Labute approximate surface area is 101 Å². The van der Waals surface area contributed by atoms with Gasteiger partial charge in [-0.3, -0.25) is 0 Å². The highest BCUT2D eigenvalue weighted by Gasteiger charge is 2.26. The van der Waals surface area contributed by atoms with Gasteiger partial charge in [-0.15, -0.1) is 0 Å². The van der Waals surface area contributed by atoms with Crippen LogP contribution in [0.3, 0.4) is 0 Å². The number of hydrogen-bond acceptors (Lipinski definition) is 3. The van der Waals surface area contributed by atoms with Crippen LogP contribution in [0.1, 0.15) is 33.6 Å². The highest BCUT2D eigenvalue weighted by Crippen LogP contribution is 2.16. The molecule has 0 aliphatic carbocycles. The fraction of sp³-hybridized carbons (Fsp3) is 1.00. The van der Waals surface area contributed by atoms with Crippen molar-refractivity contribution in [2.45, 2.75) is 45.8 Å². The van der Waals surface area contributed by atoms with Crippen molar-refractivity contribution in [1.82, 2.24) is 10.2 Å². The molecule has 3 atom stereocenters. The number of rotatable bonds is 6. The molecular weight excluding hydrogens is 200 g/mol. The topological polar surface area (TPSA) is 24.5 Å². The Morgan fingerprint density at radius 1 is 1.44 bits per heavy atom. The number of ether oxygens (including phenoxy) is 1. The van der Waals surface area contributed by atoms with Gasteiger partial charge in [-0.25, -0.2) is 0 Å². The lowest BCUT2D eigenvalue weighted by Gasteiger charge is -2.36. The van der Waals surface area contributed by atoms with Crippen LogP contribution >= 0.6 is 0 Å². The van der Waals surface area contributed by atoms with Gasteiger partial charge in [-0.1, -0.05) is 27.2 Å². The van der Waals surface area contributed by atoms with Gasteiger partial charge >= 0.3 is 0 Å². The summed E-state index contributed by atoms with van der Waals surface area (Å²) in [6, 6.07) is 0.516. The summed E-state index contributed by atoms with van der Waals surface area (Å²) in [6.07, 6.45) is 2.85. The second-order valence-electron chi connectivity index (χ2n) is 5.08. The van der Waals surface area contributed by atoms with E-state index >= 15 is 0 Å². The zero-order valence-corrected chi connectivity index (χ0v) is 11.3. The van der Waals surface area contributed by atoms with Gasteiger partial charge in [0.05, 0.1) is 12.7 Å². The first-order valence-electron chi connectivity index (χ1n) is 6.70. The lowest BCUT2D eigenvalue weighted by atomic mass is 9.95. The Hall–Kier alpha value is -0.120. The van der Waals surface area contributed by atoms with Gasteiger partial charge in [0.2, 0.25) is 0 Å². The Balaban J connectivity index is 2.47. The minimum absolute atomic E-state index is 0.368. The van der Waals surface area contributed by atoms with E-state index in [1.54, 1.807) is 0 Å². The standard InChI is InChI=1S/C13H28N2O/c1-5-11(3)9-12(14-6-2)13-10-15(4)7-8-16-13/h11-14H,5-10H2,1-4H3. The van der Waals surface area contributed by atoms with Gasteiger partial charge in [0.25, 0.3) is 0 Å². The molecule has 0 aromatic carbocycles. The normalized spacial score (nSPS) is 26.6. The Morgan fingerprint density at radius 2 is 2.19 bits per heavy atom. The number of nitrogens with one attached hydrogen (secondary N) is 1. The zero-order chi connectivity index (χ0) is 12.0. The predicted octanol–water partition coefficient (Wildman–Crippen LogP) is 1.73. The maximum absolute atomic E-state index is 5.90. The van der Waals surface area contributed by atoms with Crippen molar-refractivity contribution in [3.63, 3.8) is 0 Å². The average Bonchev–Trinajstić information content (AvgIpc) is 2.28. The highest BCUT2D eigenvalue weighted by atomic mass is 16.5. The maximum Gasteiger partial charge on any atom is 0.0855 e. The Morgan fingerprint density at radius 3 is 2.75 bits per heavy atom. The van der Waals surface area contributed by atoms with Gasteiger partial charge in [-0.2, -0.15) is 0 Å². The van der Waals surface area contributed by atoms with Crippen molar-refractivity contribution >= 4 is 0 Å². The molecule has 0 aromatic heterocycles. The third-order valence-corrected chi connectivity index (χ3v) is 3.56. The third-order valence-electron chi connectivity index (χ3n) is 3.56. The predicted molar refractivity (Wildman–Crippen MR) is 68.8 cm³/mol. The smallest absolute Gasteiger partial charge is 0.0855 e. The lowest BCUT2D eigenvalue weighted by molar-refractivity contribution is -0.0419. The van der Waals surface area contributed by atoms with Crippen LogP contribution < -0.4 is 5.32 Å². The molecule has 0 saturated carbocycles. The molecule has 1 aliphatic heterocycles. The molecule has 0 radical (unpaired) electrons. The van der Waals surface area contributed by atoms with Crippen LogP contribution in [0, 0.1) is 5.92 Å². The first-order chi connectivity index (χ1) is 7.67. The molecule has 0 aromatic rings. The van der Waals surface area contributed by atoms with E-state index in [9.17, 15) is 0 Å². The molecule has 0 amide bonds. The summed E-state index contributed by atoms with van der Waals surface area (Å²) >= 11 is 0. The summed E-state index contributed by atoms with van der Waals surface area (Å²) in [7, 11) is 2.18. The number of likely N-dealkylation sites (N-methyl/N-ethyl adjacent to an activating group) is 2. The van der Waals surface area contributed by atoms with E-state index < -0.39 is 0 Å². The third kappa shape index (κ3) is 4.40. The quantitative estimate of drug-likeness (QED) is 0.749. The van der Waals surface area contributed by atoms with Crippen LogP contribution in [0.5, 0.6) is 0 Å². The Bertz CT molecular complexity index is 187. The van der Waals surface area contributed by atoms with E-state index in [0.29, 0.717) is 12.1 Å². The van der Waals surface area contributed by atoms with Crippen molar-refractivity contribution in [1.29, 1.82) is 0 Å². The van der Waals surface area contributed by atoms with Crippen LogP contribution in [-0.4, -0.2) is 50.3 Å². The van der Waals surface area contributed by atoms with Gasteiger partial charge in [-0.05, 0) is 25.9 Å². The highest BCUT2D eigenvalue weighted by molar-refractivity contribution is 4.83. The zero-order valence-electron chi connectivity index (χ0n) is 11.3. The van der Waals surface area contributed by atoms with Gasteiger partial charge < -0.3 is 15.0 Å². The Kier molecular flexibility index (Phi) is 6.32. The van der Waals surface area contributed by atoms with Crippen LogP contribution in [0.25, 0.3) is 0 Å². The second-order valence-corrected chi connectivity index (χ2v) is 5.08. The molecule has 96 valence electrons. The summed E-state index contributed by atoms with van der Waals surface area (Å²) in [4.78, 5) is 2.37. The minimum atomic E-state index is 0.368. The molecule has 0 bridgehead atoms. The molecule has 1 rings (SSSR count).